The average molecular weight is 480 g/mol. The molecule has 0 atom stereocenters. The summed E-state index contributed by atoms with van der Waals surface area (Å²) >= 11 is 3.44. The van der Waals surface area contributed by atoms with Gasteiger partial charge in [0.05, 0.1) is 6.54 Å². The number of hydrogen-bond acceptors (Lipinski definition) is 4. The lowest BCUT2D eigenvalue weighted by atomic mass is 10.1. The number of halogens is 1. The number of hydrogen-bond donors (Lipinski definition) is 3. The number of benzene rings is 2. The number of nitrogens with one attached hydrogen (secondary N) is 3. The molecule has 3 N–H and O–H groups in total. The summed E-state index contributed by atoms with van der Waals surface area (Å²) in [4.78, 5) is 32.4. The molecule has 3 aromatic rings. The van der Waals surface area contributed by atoms with E-state index in [-0.39, 0.29) is 11.8 Å². The number of pyridine rings is 1. The minimum absolute atomic E-state index is 0.102. The summed E-state index contributed by atoms with van der Waals surface area (Å²) in [6.45, 7) is 2.24. The third kappa shape index (κ3) is 7.35. The van der Waals surface area contributed by atoms with Gasteiger partial charge in [-0.15, -0.1) is 0 Å². The summed E-state index contributed by atoms with van der Waals surface area (Å²) in [5, 5.41) is 8.72. The Kier molecular flexibility index (Phi) is 7.89. The van der Waals surface area contributed by atoms with E-state index in [0.717, 1.165) is 21.3 Å². The van der Waals surface area contributed by atoms with Gasteiger partial charge in [-0.3, -0.25) is 19.9 Å². The van der Waals surface area contributed by atoms with Gasteiger partial charge in [-0.25, -0.2) is 4.99 Å². The minimum atomic E-state index is -0.293. The lowest BCUT2D eigenvalue weighted by molar-refractivity contribution is -0.119. The fourth-order valence-corrected chi connectivity index (χ4v) is 3.05. The van der Waals surface area contributed by atoms with E-state index in [2.05, 4.69) is 41.9 Å². The molecule has 0 radical (unpaired) electrons. The van der Waals surface area contributed by atoms with Crippen LogP contribution in [0.5, 0.6) is 0 Å². The second-order valence-corrected chi connectivity index (χ2v) is 7.64. The van der Waals surface area contributed by atoms with Crippen LogP contribution in [-0.2, 0) is 17.9 Å². The number of aliphatic imine (C=N–C) groups is 1. The van der Waals surface area contributed by atoms with Gasteiger partial charge in [0.25, 0.3) is 5.91 Å². The molecule has 0 aliphatic heterocycles. The molecule has 0 spiro atoms. The number of anilines is 1. The van der Waals surface area contributed by atoms with Gasteiger partial charge in [0.2, 0.25) is 11.9 Å². The van der Waals surface area contributed by atoms with Crippen molar-refractivity contribution in [2.24, 2.45) is 4.99 Å². The molecule has 0 unspecified atom stereocenters. The zero-order chi connectivity index (χ0) is 22.1. The molecule has 0 saturated carbocycles. The standard InChI is InChI=1S/C23H22BrN5O2/c1-16(30)26-14-17-7-9-19(10-8-17)22(31)29-23(27-15-18-4-3-11-25-13-18)28-21-6-2-5-20(24)12-21/h2-13H,14-15H2,1H3,(H,26,30)(H2,27,28,29,31). The van der Waals surface area contributed by atoms with Crippen LogP contribution in [0.3, 0.4) is 0 Å². The van der Waals surface area contributed by atoms with Crippen LogP contribution < -0.4 is 16.0 Å². The van der Waals surface area contributed by atoms with E-state index in [1.54, 1.807) is 36.7 Å². The van der Waals surface area contributed by atoms with Crippen molar-refractivity contribution in [2.75, 3.05) is 5.32 Å². The SMILES string of the molecule is CC(=O)NCc1ccc(C(=O)NC(=NCc2cccnc2)Nc2cccc(Br)c2)cc1. The van der Waals surface area contributed by atoms with Crippen molar-refractivity contribution in [2.45, 2.75) is 20.0 Å². The van der Waals surface area contributed by atoms with Crippen molar-refractivity contribution in [1.82, 2.24) is 15.6 Å². The normalized spacial score (nSPS) is 11.0. The molecule has 1 heterocycles. The molecule has 2 amide bonds. The van der Waals surface area contributed by atoms with Gasteiger partial charge in [-0.05, 0) is 47.5 Å². The monoisotopic (exact) mass is 479 g/mol. The quantitative estimate of drug-likeness (QED) is 0.369. The fourth-order valence-electron chi connectivity index (χ4n) is 2.66. The second kappa shape index (κ2) is 11.0. The van der Waals surface area contributed by atoms with E-state index in [4.69, 9.17) is 0 Å². The molecule has 1 aromatic heterocycles. The predicted octanol–water partition coefficient (Wildman–Crippen LogP) is 3.88. The van der Waals surface area contributed by atoms with Crippen molar-refractivity contribution in [1.29, 1.82) is 0 Å². The van der Waals surface area contributed by atoms with Crippen molar-refractivity contribution < 1.29 is 9.59 Å². The van der Waals surface area contributed by atoms with Crippen LogP contribution in [0.4, 0.5) is 5.69 Å². The van der Waals surface area contributed by atoms with Gasteiger partial charge in [0.1, 0.15) is 0 Å². The van der Waals surface area contributed by atoms with E-state index in [1.165, 1.54) is 6.92 Å². The molecule has 8 heteroatoms. The third-order valence-corrected chi connectivity index (χ3v) is 4.71. The Morgan fingerprint density at radius 1 is 1.03 bits per heavy atom. The predicted molar refractivity (Wildman–Crippen MR) is 125 cm³/mol. The van der Waals surface area contributed by atoms with Gasteiger partial charge >= 0.3 is 0 Å². The summed E-state index contributed by atoms with van der Waals surface area (Å²) in [6.07, 6.45) is 3.43. The lowest BCUT2D eigenvalue weighted by Crippen LogP contribution is -2.36. The highest BCUT2D eigenvalue weighted by Crippen LogP contribution is 2.15. The topological polar surface area (TPSA) is 95.5 Å². The van der Waals surface area contributed by atoms with Gasteiger partial charge in [-0.1, -0.05) is 40.2 Å². The maximum atomic E-state index is 12.8. The average Bonchev–Trinajstić information content (AvgIpc) is 2.77. The molecular weight excluding hydrogens is 458 g/mol. The van der Waals surface area contributed by atoms with Crippen LogP contribution >= 0.6 is 15.9 Å². The molecule has 0 aliphatic rings. The van der Waals surface area contributed by atoms with Gasteiger partial charge in [0.15, 0.2) is 0 Å². The Bertz CT molecular complexity index is 1070. The zero-order valence-corrected chi connectivity index (χ0v) is 18.5. The largest absolute Gasteiger partial charge is 0.352 e. The zero-order valence-electron chi connectivity index (χ0n) is 16.9. The molecule has 2 aromatic carbocycles. The number of rotatable bonds is 6. The van der Waals surface area contributed by atoms with Crippen LogP contribution in [0.25, 0.3) is 0 Å². The second-order valence-electron chi connectivity index (χ2n) is 6.72. The number of aromatic nitrogens is 1. The van der Waals surface area contributed by atoms with Crippen LogP contribution in [-0.4, -0.2) is 22.8 Å². The molecule has 0 saturated heterocycles. The Labute approximate surface area is 189 Å². The molecule has 0 fully saturated rings. The summed E-state index contributed by atoms with van der Waals surface area (Å²) in [5.74, 6) is -0.0669. The Morgan fingerprint density at radius 2 is 1.84 bits per heavy atom. The van der Waals surface area contributed by atoms with Crippen LogP contribution in [0, 0.1) is 0 Å². The van der Waals surface area contributed by atoms with E-state index in [9.17, 15) is 9.59 Å². The van der Waals surface area contributed by atoms with E-state index >= 15 is 0 Å². The van der Waals surface area contributed by atoms with Crippen molar-refractivity contribution in [3.8, 4) is 0 Å². The minimum Gasteiger partial charge on any atom is -0.352 e. The maximum absolute atomic E-state index is 12.8. The van der Waals surface area contributed by atoms with Crippen LogP contribution in [0.2, 0.25) is 0 Å². The molecule has 0 aliphatic carbocycles. The van der Waals surface area contributed by atoms with Gasteiger partial charge in [-0.2, -0.15) is 0 Å². The van der Waals surface area contributed by atoms with E-state index in [1.807, 2.05) is 36.4 Å². The third-order valence-electron chi connectivity index (χ3n) is 4.22. The van der Waals surface area contributed by atoms with Crippen LogP contribution in [0.15, 0.2) is 82.5 Å². The van der Waals surface area contributed by atoms with E-state index in [0.29, 0.717) is 24.6 Å². The highest BCUT2D eigenvalue weighted by Gasteiger charge is 2.10. The number of carbonyl (C=O) groups is 2. The smallest absolute Gasteiger partial charge is 0.257 e. The van der Waals surface area contributed by atoms with Crippen molar-refractivity contribution >= 4 is 39.4 Å². The first-order valence-electron chi connectivity index (χ1n) is 9.60. The Balaban J connectivity index is 1.73. The first kappa shape index (κ1) is 22.2. The van der Waals surface area contributed by atoms with Crippen LogP contribution in [0.1, 0.15) is 28.4 Å². The molecule has 3 rings (SSSR count). The first-order chi connectivity index (χ1) is 15.0. The van der Waals surface area contributed by atoms with Gasteiger partial charge in [0, 0.05) is 41.6 Å². The first-order valence-corrected chi connectivity index (χ1v) is 10.4. The molecule has 7 nitrogen and oxygen atoms in total. The highest BCUT2D eigenvalue weighted by atomic mass is 79.9. The Hall–Kier alpha value is -3.52. The summed E-state index contributed by atoms with van der Waals surface area (Å²) < 4.78 is 0.908. The van der Waals surface area contributed by atoms with Crippen molar-refractivity contribution in [3.63, 3.8) is 0 Å². The molecule has 0 bridgehead atoms. The van der Waals surface area contributed by atoms with Gasteiger partial charge < -0.3 is 10.6 Å². The summed E-state index contributed by atoms with van der Waals surface area (Å²) in [5.41, 5.74) is 3.10. The highest BCUT2D eigenvalue weighted by molar-refractivity contribution is 9.10. The van der Waals surface area contributed by atoms with E-state index < -0.39 is 0 Å². The number of guanidine groups is 1. The molecule has 158 valence electrons. The summed E-state index contributed by atoms with van der Waals surface area (Å²) in [7, 11) is 0. The lowest BCUT2D eigenvalue weighted by Gasteiger charge is -2.12. The summed E-state index contributed by atoms with van der Waals surface area (Å²) in [6, 6.07) is 18.4. The molecule has 31 heavy (non-hydrogen) atoms. The Morgan fingerprint density at radius 3 is 2.52 bits per heavy atom. The van der Waals surface area contributed by atoms with Crippen molar-refractivity contribution in [3.05, 3.63) is 94.2 Å². The number of carbonyl (C=O) groups excluding carboxylic acids is 2. The number of amides is 2. The number of nitrogens with zero attached hydrogens (tertiary/aromatic N) is 2. The maximum Gasteiger partial charge on any atom is 0.257 e. The fraction of sp³-hybridized carbons (Fsp3) is 0.130. The molecular formula is C23H22BrN5O2.